The zero-order valence-corrected chi connectivity index (χ0v) is 53.4. The second kappa shape index (κ2) is 28.9. The van der Waals surface area contributed by atoms with E-state index in [1.807, 2.05) is 0 Å². The fourth-order valence-corrected chi connectivity index (χ4v) is 18.5. The van der Waals surface area contributed by atoms with Crippen molar-refractivity contribution in [2.24, 2.45) is 52.3 Å². The van der Waals surface area contributed by atoms with Gasteiger partial charge in [-0.3, -0.25) is 4.79 Å². The molecular weight excluding hydrogens is 1270 g/mol. The van der Waals surface area contributed by atoms with Crippen LogP contribution in [-0.4, -0.2) is 340 Å². The minimum atomic E-state index is -2.28. The molecule has 33 heteroatoms. The zero-order chi connectivity index (χ0) is 68.2. The van der Waals surface area contributed by atoms with Gasteiger partial charge in [-0.2, -0.15) is 0 Å². The Kier molecular flexibility index (Phi) is 22.3. The molecule has 8 aliphatic heterocycles. The number of rotatable bonds is 17. The molecule has 0 bridgehead atoms. The van der Waals surface area contributed by atoms with Gasteiger partial charge < -0.3 is 158 Å². The first-order valence-electron chi connectivity index (χ1n) is 33.7. The van der Waals surface area contributed by atoms with Crippen molar-refractivity contribution in [1.82, 2.24) is 0 Å². The van der Waals surface area contributed by atoms with Crippen LogP contribution >= 0.6 is 0 Å². The maximum Gasteiger partial charge on any atom is 0.187 e. The Balaban J connectivity index is 0.765. The Hall–Kier alpha value is -1.61. The molecule has 1 spiro atoms. The monoisotopic (exact) mass is 1370 g/mol. The summed E-state index contributed by atoms with van der Waals surface area (Å²) in [7, 11) is 0. The molecule has 8 heterocycles. The quantitative estimate of drug-likeness (QED) is 0.0602. The number of hydrogen-bond acceptors (Lipinski definition) is 33. The molecule has 546 valence electrons. The molecule has 4 saturated carbocycles. The van der Waals surface area contributed by atoms with Crippen LogP contribution in [0.4, 0.5) is 0 Å². The summed E-state index contributed by atoms with van der Waals surface area (Å²) in [5, 5.41) is 198. The van der Waals surface area contributed by atoms with Crippen molar-refractivity contribution >= 4 is 5.78 Å². The number of hydrogen-bond donors (Lipinski definition) is 18. The fourth-order valence-electron chi connectivity index (χ4n) is 18.5. The van der Waals surface area contributed by atoms with Gasteiger partial charge in [-0.15, -0.1) is 0 Å². The number of fused-ring (bicyclic) bond motifs is 7. The summed E-state index contributed by atoms with van der Waals surface area (Å²) >= 11 is 0. The summed E-state index contributed by atoms with van der Waals surface area (Å²) < 4.78 is 85.1. The second-order valence-corrected chi connectivity index (χ2v) is 29.4. The molecular formula is C62H100O33. The van der Waals surface area contributed by atoms with Gasteiger partial charge in [-0.1, -0.05) is 27.7 Å². The molecule has 0 aromatic carbocycles. The van der Waals surface area contributed by atoms with Crippen molar-refractivity contribution in [2.75, 3.05) is 46.2 Å². The molecule has 0 aromatic heterocycles. The first-order chi connectivity index (χ1) is 45.2. The summed E-state index contributed by atoms with van der Waals surface area (Å²) in [6, 6.07) is 0. The average molecular weight is 1370 g/mol. The van der Waals surface area contributed by atoms with Crippen molar-refractivity contribution in [3.8, 4) is 0 Å². The van der Waals surface area contributed by atoms with E-state index in [0.717, 1.165) is 32.1 Å². The van der Waals surface area contributed by atoms with Crippen molar-refractivity contribution in [3.63, 3.8) is 0 Å². The van der Waals surface area contributed by atoms with Crippen LogP contribution < -0.4 is 0 Å². The van der Waals surface area contributed by atoms with E-state index in [2.05, 4.69) is 27.7 Å². The largest absolute Gasteiger partial charge is 0.394 e. The molecule has 33 nitrogen and oxygen atoms in total. The van der Waals surface area contributed by atoms with Crippen LogP contribution in [0.1, 0.15) is 85.5 Å². The maximum absolute atomic E-state index is 14.8. The van der Waals surface area contributed by atoms with Gasteiger partial charge in [-0.05, 0) is 80.0 Å². The van der Waals surface area contributed by atoms with Crippen molar-refractivity contribution in [1.29, 1.82) is 0 Å². The van der Waals surface area contributed by atoms with E-state index in [-0.39, 0.29) is 46.9 Å². The number of Topliss-reactive ketones (excluding diaryl/α,β-unsaturated/α-hetero) is 1. The van der Waals surface area contributed by atoms with Crippen molar-refractivity contribution in [2.45, 2.75) is 282 Å². The highest BCUT2D eigenvalue weighted by molar-refractivity contribution is 5.87. The lowest BCUT2D eigenvalue weighted by Crippen LogP contribution is -2.69. The minimum Gasteiger partial charge on any atom is -0.394 e. The van der Waals surface area contributed by atoms with E-state index in [1.165, 1.54) is 0 Å². The summed E-state index contributed by atoms with van der Waals surface area (Å²) in [5.41, 5.74) is -0.765. The third-order valence-corrected chi connectivity index (χ3v) is 24.1. The first kappa shape index (κ1) is 73.2. The number of carbonyl (C=O) groups is 1. The predicted molar refractivity (Wildman–Crippen MR) is 308 cm³/mol. The number of ketones is 1. The highest BCUT2D eigenvalue weighted by Gasteiger charge is 2.72. The van der Waals surface area contributed by atoms with Gasteiger partial charge in [0.15, 0.2) is 43.5 Å². The van der Waals surface area contributed by atoms with Gasteiger partial charge in [0.2, 0.25) is 0 Å². The lowest BCUT2D eigenvalue weighted by Gasteiger charge is -2.60. The SMILES string of the molecule is CC1C2C(CC3C4CC[C@H]5C[C@@H](O[C@@H]6O[C@H](CO)[C@H](O[C@@H]7O[C@H](CO)[C@@H](O)[C@H](O[C@@H]8OC[C@@H](O)[C@H](O[C@@H]9O[C@H](CO)[C@@H](O)[C@H](O)[C@H]9O)[C@H]8O)[C@H]7O[C@@H]7O[C@H](CO)[C@@H](O)[C@H](O[C@@H]8O[C@H](CO)[C@@H](O)[C@H](O)[C@H]8O)[C@H]7O)[C@H](O)[C@H]6O)CC[C@]5(C)C4CC(=O)[C@@]32C)O[C@]12CC[C@H](C)CO2. The third-order valence-electron chi connectivity index (χ3n) is 24.1. The Morgan fingerprint density at radius 3 is 1.56 bits per heavy atom. The van der Waals surface area contributed by atoms with E-state index in [1.54, 1.807) is 0 Å². The number of carbonyl (C=O) groups excluding carboxylic acids is 1. The molecule has 0 radical (unpaired) electrons. The van der Waals surface area contributed by atoms with Crippen LogP contribution in [0.3, 0.4) is 0 Å². The van der Waals surface area contributed by atoms with Crippen molar-refractivity contribution < 1.29 is 163 Å². The van der Waals surface area contributed by atoms with Crippen LogP contribution in [0.15, 0.2) is 0 Å². The van der Waals surface area contributed by atoms with Crippen LogP contribution in [0.25, 0.3) is 0 Å². The zero-order valence-electron chi connectivity index (χ0n) is 53.4. The van der Waals surface area contributed by atoms with Crippen LogP contribution in [0.2, 0.25) is 0 Å². The molecule has 12 rings (SSSR count). The Labute approximate surface area is 547 Å². The van der Waals surface area contributed by atoms with Crippen LogP contribution in [0.5, 0.6) is 0 Å². The van der Waals surface area contributed by atoms with Gasteiger partial charge in [0.05, 0.1) is 58.5 Å². The molecule has 12 aliphatic rings. The normalized spacial score (nSPS) is 56.5. The van der Waals surface area contributed by atoms with Gasteiger partial charge in [0.1, 0.15) is 146 Å². The molecule has 12 fully saturated rings. The van der Waals surface area contributed by atoms with Crippen LogP contribution in [-0.2, 0) is 71.1 Å². The predicted octanol–water partition coefficient (Wildman–Crippen LogP) is -7.44. The Morgan fingerprint density at radius 1 is 0.453 bits per heavy atom. The third kappa shape index (κ3) is 13.0. The van der Waals surface area contributed by atoms with E-state index >= 15 is 0 Å². The fraction of sp³-hybridized carbons (Fsp3) is 0.984. The number of aliphatic hydroxyl groups excluding tert-OH is 18. The van der Waals surface area contributed by atoms with Gasteiger partial charge in [-0.25, -0.2) is 0 Å². The van der Waals surface area contributed by atoms with E-state index in [9.17, 15) is 96.7 Å². The van der Waals surface area contributed by atoms with E-state index in [4.69, 9.17) is 66.3 Å². The highest BCUT2D eigenvalue weighted by Crippen LogP contribution is 2.70. The lowest BCUT2D eigenvalue weighted by atomic mass is 9.44. The summed E-state index contributed by atoms with van der Waals surface area (Å²) in [6.45, 7) is 3.97. The van der Waals surface area contributed by atoms with Crippen molar-refractivity contribution in [3.05, 3.63) is 0 Å². The molecule has 95 heavy (non-hydrogen) atoms. The molecule has 18 N–H and O–H groups in total. The topological polar surface area (TPSA) is 510 Å². The van der Waals surface area contributed by atoms with Crippen LogP contribution in [0, 0.1) is 52.3 Å². The van der Waals surface area contributed by atoms with E-state index in [0.29, 0.717) is 44.1 Å². The standard InChI is InChI=1S/C62H100O33/c1-21-7-10-62(83-19-21)22(2)36-29(95-62)12-27-25-6-5-23-11-24(8-9-60(23,3)26(25)13-35(69)61(27,36)4)84-55-46(79)43(76)50(34(18-67)89-55)91-59-53(94-58-48(81)51(39(72)32(16-65)87-58)92-57-45(78)42(75)38(71)31(15-64)86-57)52(40(73)33(17-66)88-59)93-54-47(80)49(28(68)20-82-54)90-56-44(77)41(74)37(70)30(14-63)85-56/h21-34,36-59,63-68,70-81H,5-20H2,1-4H3/t21-,22?,23-,24-,25?,26?,27?,28+,29?,30+,31+,32+,33+,34+,36?,37+,38+,39+,40+,41-,42-,43+,44+,45+,46+,47+,48+,49-,50-,51-,52-,53+,54-,55+,56-,57-,58-,59-,60-,61+,62+/m0/s1. The molecule has 8 saturated heterocycles. The summed E-state index contributed by atoms with van der Waals surface area (Å²) in [5.74, 6) is 0.903. The molecule has 0 aromatic rings. The summed E-state index contributed by atoms with van der Waals surface area (Å²) in [6.07, 6.45) is -50.0. The molecule has 6 unspecified atom stereocenters. The second-order valence-electron chi connectivity index (χ2n) is 29.4. The molecule has 4 aliphatic carbocycles. The lowest BCUT2D eigenvalue weighted by molar-refractivity contribution is -0.411. The van der Waals surface area contributed by atoms with E-state index < -0.39 is 235 Å². The average Bonchev–Trinajstić information content (AvgIpc) is 1.55. The summed E-state index contributed by atoms with van der Waals surface area (Å²) in [4.78, 5) is 14.8. The Bertz CT molecular complexity index is 2550. The number of aliphatic hydroxyl groups is 18. The van der Waals surface area contributed by atoms with Gasteiger partial charge >= 0.3 is 0 Å². The highest BCUT2D eigenvalue weighted by atomic mass is 16.8. The minimum absolute atomic E-state index is 0.0614. The smallest absolute Gasteiger partial charge is 0.187 e. The molecule has 41 atom stereocenters. The van der Waals surface area contributed by atoms with Gasteiger partial charge in [0, 0.05) is 30.1 Å². The number of ether oxygens (including phenoxy) is 14. The maximum atomic E-state index is 14.8. The van der Waals surface area contributed by atoms with Gasteiger partial charge in [0.25, 0.3) is 0 Å². The molecule has 0 amide bonds. The Morgan fingerprint density at radius 2 is 0.958 bits per heavy atom. The first-order valence-corrected chi connectivity index (χ1v) is 33.7.